The van der Waals surface area contributed by atoms with Crippen molar-refractivity contribution in [1.29, 1.82) is 0 Å². The van der Waals surface area contributed by atoms with Crippen molar-refractivity contribution in [3.8, 4) is 0 Å². The molecule has 100 valence electrons. The van der Waals surface area contributed by atoms with Gasteiger partial charge in [0.15, 0.2) is 0 Å². The molecule has 1 saturated heterocycles. The first-order valence-corrected chi connectivity index (χ1v) is 6.67. The Morgan fingerprint density at radius 2 is 2.06 bits per heavy atom. The van der Waals surface area contributed by atoms with E-state index in [-0.39, 0.29) is 18.2 Å². The standard InChI is InChI=1S/C14H21ClN2O/c1-14(2)10-16(3)8-11(9-18)17(14)13-7-5-4-6-12(13)15/h4-7,11,18H,8-10H2,1-3H3. The number of aliphatic hydroxyl groups excluding tert-OH is 1. The molecule has 1 heterocycles. The van der Waals surface area contributed by atoms with Crippen LogP contribution in [0.2, 0.25) is 5.02 Å². The van der Waals surface area contributed by atoms with E-state index in [4.69, 9.17) is 11.6 Å². The van der Waals surface area contributed by atoms with Crippen LogP contribution in [0.15, 0.2) is 24.3 Å². The van der Waals surface area contributed by atoms with Crippen LogP contribution in [0, 0.1) is 0 Å². The number of piperazine rings is 1. The van der Waals surface area contributed by atoms with Gasteiger partial charge >= 0.3 is 0 Å². The molecule has 1 unspecified atom stereocenters. The molecule has 3 nitrogen and oxygen atoms in total. The van der Waals surface area contributed by atoms with Crippen molar-refractivity contribution in [1.82, 2.24) is 4.90 Å². The Morgan fingerprint density at radius 1 is 1.39 bits per heavy atom. The molecule has 1 aromatic rings. The predicted molar refractivity (Wildman–Crippen MR) is 76.4 cm³/mol. The first-order valence-electron chi connectivity index (χ1n) is 6.29. The molecule has 0 amide bonds. The molecule has 1 atom stereocenters. The summed E-state index contributed by atoms with van der Waals surface area (Å²) in [5.74, 6) is 0. The van der Waals surface area contributed by atoms with Crippen LogP contribution in [0.4, 0.5) is 5.69 Å². The van der Waals surface area contributed by atoms with E-state index in [2.05, 4.69) is 30.7 Å². The van der Waals surface area contributed by atoms with E-state index in [1.165, 1.54) is 0 Å². The highest BCUT2D eigenvalue weighted by Crippen LogP contribution is 2.35. The second-order valence-electron chi connectivity index (χ2n) is 5.67. The summed E-state index contributed by atoms with van der Waals surface area (Å²) in [7, 11) is 2.09. The zero-order chi connectivity index (χ0) is 13.3. The number of rotatable bonds is 2. The number of halogens is 1. The number of aliphatic hydroxyl groups is 1. The number of hydrogen-bond acceptors (Lipinski definition) is 3. The van der Waals surface area contributed by atoms with Gasteiger partial charge in [0, 0.05) is 18.6 Å². The van der Waals surface area contributed by atoms with Crippen LogP contribution >= 0.6 is 11.6 Å². The molecule has 0 saturated carbocycles. The molecule has 1 aliphatic rings. The van der Waals surface area contributed by atoms with Gasteiger partial charge in [0.2, 0.25) is 0 Å². The van der Waals surface area contributed by atoms with Crippen LogP contribution in [-0.2, 0) is 0 Å². The Balaban J connectivity index is 2.42. The van der Waals surface area contributed by atoms with Crippen LogP contribution in [0.1, 0.15) is 13.8 Å². The minimum Gasteiger partial charge on any atom is -0.394 e. The molecule has 4 heteroatoms. The summed E-state index contributed by atoms with van der Waals surface area (Å²) >= 11 is 6.31. The lowest BCUT2D eigenvalue weighted by atomic mass is 9.94. The lowest BCUT2D eigenvalue weighted by Crippen LogP contribution is -2.64. The summed E-state index contributed by atoms with van der Waals surface area (Å²) in [6, 6.07) is 7.93. The van der Waals surface area contributed by atoms with Crippen LogP contribution in [0.5, 0.6) is 0 Å². The van der Waals surface area contributed by atoms with E-state index in [0.29, 0.717) is 0 Å². The average molecular weight is 269 g/mol. The molecule has 2 rings (SSSR count). The van der Waals surface area contributed by atoms with Crippen LogP contribution in [0.3, 0.4) is 0 Å². The smallest absolute Gasteiger partial charge is 0.0654 e. The van der Waals surface area contributed by atoms with Gasteiger partial charge in [0.05, 0.1) is 23.4 Å². The number of anilines is 1. The Bertz CT molecular complexity index is 422. The van der Waals surface area contributed by atoms with Crippen molar-refractivity contribution < 1.29 is 5.11 Å². The normalized spacial score (nSPS) is 24.3. The maximum atomic E-state index is 9.65. The van der Waals surface area contributed by atoms with Crippen molar-refractivity contribution in [3.63, 3.8) is 0 Å². The predicted octanol–water partition coefficient (Wildman–Crippen LogP) is 2.23. The first-order chi connectivity index (χ1) is 8.45. The first kappa shape index (κ1) is 13.7. The summed E-state index contributed by atoms with van der Waals surface area (Å²) in [6.45, 7) is 6.32. The van der Waals surface area contributed by atoms with Gasteiger partial charge in [-0.05, 0) is 33.0 Å². The summed E-state index contributed by atoms with van der Waals surface area (Å²) < 4.78 is 0. The van der Waals surface area contributed by atoms with Crippen molar-refractivity contribution in [2.24, 2.45) is 0 Å². The Labute approximate surface area is 114 Å². The van der Waals surface area contributed by atoms with Crippen molar-refractivity contribution in [2.45, 2.75) is 25.4 Å². The van der Waals surface area contributed by atoms with Gasteiger partial charge in [-0.2, -0.15) is 0 Å². The minimum absolute atomic E-state index is 0.0502. The SMILES string of the molecule is CN1CC(CO)N(c2ccccc2Cl)C(C)(C)C1. The van der Waals surface area contributed by atoms with Crippen LogP contribution in [-0.4, -0.2) is 48.3 Å². The van der Waals surface area contributed by atoms with Crippen molar-refractivity contribution >= 4 is 17.3 Å². The van der Waals surface area contributed by atoms with Gasteiger partial charge in [-0.3, -0.25) is 0 Å². The highest BCUT2D eigenvalue weighted by molar-refractivity contribution is 6.33. The van der Waals surface area contributed by atoms with E-state index >= 15 is 0 Å². The quantitative estimate of drug-likeness (QED) is 0.891. The third-order valence-electron chi connectivity index (χ3n) is 3.52. The second kappa shape index (κ2) is 5.08. The van der Waals surface area contributed by atoms with E-state index in [9.17, 15) is 5.11 Å². The van der Waals surface area contributed by atoms with Crippen LogP contribution in [0.25, 0.3) is 0 Å². The molecule has 1 aliphatic heterocycles. The highest BCUT2D eigenvalue weighted by atomic mass is 35.5. The molecule has 0 spiro atoms. The maximum Gasteiger partial charge on any atom is 0.0654 e. The van der Waals surface area contributed by atoms with E-state index in [1.54, 1.807) is 0 Å². The Hall–Kier alpha value is -0.770. The lowest BCUT2D eigenvalue weighted by Gasteiger charge is -2.52. The zero-order valence-corrected chi connectivity index (χ0v) is 12.0. The molecule has 0 radical (unpaired) electrons. The van der Waals surface area contributed by atoms with E-state index in [1.807, 2.05) is 24.3 Å². The second-order valence-corrected chi connectivity index (χ2v) is 6.07. The van der Waals surface area contributed by atoms with E-state index in [0.717, 1.165) is 23.8 Å². The summed E-state index contributed by atoms with van der Waals surface area (Å²) in [6.07, 6.45) is 0. The molecule has 18 heavy (non-hydrogen) atoms. The molecule has 0 aliphatic carbocycles. The van der Waals surface area contributed by atoms with Gasteiger partial charge in [-0.25, -0.2) is 0 Å². The average Bonchev–Trinajstić information content (AvgIpc) is 2.28. The zero-order valence-electron chi connectivity index (χ0n) is 11.2. The molecule has 0 aromatic heterocycles. The topological polar surface area (TPSA) is 26.7 Å². The van der Waals surface area contributed by atoms with Gasteiger partial charge < -0.3 is 14.9 Å². The highest BCUT2D eigenvalue weighted by Gasteiger charge is 2.39. The van der Waals surface area contributed by atoms with Gasteiger partial charge in [0.1, 0.15) is 0 Å². The summed E-state index contributed by atoms with van der Waals surface area (Å²) in [5, 5.41) is 10.4. The molecular weight excluding hydrogens is 248 g/mol. The fourth-order valence-corrected chi connectivity index (χ4v) is 3.27. The third-order valence-corrected chi connectivity index (χ3v) is 3.84. The van der Waals surface area contributed by atoms with Crippen molar-refractivity contribution in [2.75, 3.05) is 31.6 Å². The van der Waals surface area contributed by atoms with Gasteiger partial charge in [0.25, 0.3) is 0 Å². The van der Waals surface area contributed by atoms with Gasteiger partial charge in [-0.15, -0.1) is 0 Å². The van der Waals surface area contributed by atoms with E-state index < -0.39 is 0 Å². The monoisotopic (exact) mass is 268 g/mol. The van der Waals surface area contributed by atoms with Gasteiger partial charge in [-0.1, -0.05) is 23.7 Å². The molecular formula is C14H21ClN2O. The number of para-hydroxylation sites is 1. The summed E-state index contributed by atoms with van der Waals surface area (Å²) in [5.41, 5.74) is 0.960. The largest absolute Gasteiger partial charge is 0.394 e. The third kappa shape index (κ3) is 2.48. The Kier molecular flexibility index (Phi) is 3.85. The molecule has 1 N–H and O–H groups in total. The number of nitrogens with zero attached hydrogens (tertiary/aromatic N) is 2. The maximum absolute atomic E-state index is 9.65. The number of likely N-dealkylation sites (N-methyl/N-ethyl adjacent to an activating group) is 1. The fourth-order valence-electron chi connectivity index (χ4n) is 3.05. The van der Waals surface area contributed by atoms with Crippen molar-refractivity contribution in [3.05, 3.63) is 29.3 Å². The minimum atomic E-state index is -0.0502. The molecule has 0 bridgehead atoms. The fraction of sp³-hybridized carbons (Fsp3) is 0.571. The van der Waals surface area contributed by atoms with Crippen LogP contribution < -0.4 is 4.90 Å². The molecule has 1 aromatic carbocycles. The number of hydrogen-bond donors (Lipinski definition) is 1. The lowest BCUT2D eigenvalue weighted by molar-refractivity contribution is 0.137. The number of benzene rings is 1. The molecule has 1 fully saturated rings. The Morgan fingerprint density at radius 3 is 2.67 bits per heavy atom. The summed E-state index contributed by atoms with van der Waals surface area (Å²) in [4.78, 5) is 4.52.